The highest BCUT2D eigenvalue weighted by atomic mass is 16.3. The van der Waals surface area contributed by atoms with Crippen LogP contribution in [-0.4, -0.2) is 34.3 Å². The molecule has 2 aromatic carbocycles. The van der Waals surface area contributed by atoms with Crippen molar-refractivity contribution in [2.75, 3.05) is 11.9 Å². The highest BCUT2D eigenvalue weighted by Gasteiger charge is 2.35. The summed E-state index contributed by atoms with van der Waals surface area (Å²) in [6.07, 6.45) is -0.0509. The van der Waals surface area contributed by atoms with Gasteiger partial charge >= 0.3 is 0 Å². The van der Waals surface area contributed by atoms with Gasteiger partial charge in [0.15, 0.2) is 0 Å². The molecule has 1 heterocycles. The van der Waals surface area contributed by atoms with Gasteiger partial charge in [-0.1, -0.05) is 39.0 Å². The van der Waals surface area contributed by atoms with E-state index in [9.17, 15) is 19.5 Å². The van der Waals surface area contributed by atoms with Crippen LogP contribution in [0.3, 0.4) is 0 Å². The van der Waals surface area contributed by atoms with Crippen LogP contribution in [0, 0.1) is 0 Å². The summed E-state index contributed by atoms with van der Waals surface area (Å²) in [7, 11) is 0. The molecule has 3 amide bonds. The Balaban J connectivity index is 1.66. The first-order valence-corrected chi connectivity index (χ1v) is 8.77. The number of phenolic OH excluding ortho intramolecular Hbond substituents is 1. The molecule has 0 fully saturated rings. The maximum atomic E-state index is 12.3. The van der Waals surface area contributed by atoms with Crippen LogP contribution in [0.4, 0.5) is 5.69 Å². The zero-order chi connectivity index (χ0) is 19.8. The molecule has 0 unspecified atom stereocenters. The summed E-state index contributed by atoms with van der Waals surface area (Å²) in [6, 6.07) is 11.7. The number of benzene rings is 2. The molecule has 3 rings (SSSR count). The van der Waals surface area contributed by atoms with Gasteiger partial charge in [-0.05, 0) is 35.2 Å². The van der Waals surface area contributed by atoms with Gasteiger partial charge in [0.1, 0.15) is 5.75 Å². The van der Waals surface area contributed by atoms with E-state index >= 15 is 0 Å². The smallest absolute Gasteiger partial charge is 0.261 e. The van der Waals surface area contributed by atoms with E-state index in [2.05, 4.69) is 5.32 Å². The molecule has 1 aliphatic rings. The predicted molar refractivity (Wildman–Crippen MR) is 102 cm³/mol. The number of fused-ring (bicyclic) bond motifs is 1. The van der Waals surface area contributed by atoms with Crippen LogP contribution >= 0.6 is 0 Å². The second kappa shape index (κ2) is 6.87. The molecule has 27 heavy (non-hydrogen) atoms. The molecule has 2 N–H and O–H groups in total. The summed E-state index contributed by atoms with van der Waals surface area (Å²) in [5.74, 6) is -1.19. The number of hydrogen-bond acceptors (Lipinski definition) is 4. The van der Waals surface area contributed by atoms with E-state index in [4.69, 9.17) is 0 Å². The van der Waals surface area contributed by atoms with E-state index in [1.165, 1.54) is 0 Å². The van der Waals surface area contributed by atoms with Gasteiger partial charge in [0.2, 0.25) is 5.91 Å². The van der Waals surface area contributed by atoms with Gasteiger partial charge in [0.05, 0.1) is 16.8 Å². The van der Waals surface area contributed by atoms with E-state index in [-0.39, 0.29) is 41.9 Å². The molecule has 0 atom stereocenters. The summed E-state index contributed by atoms with van der Waals surface area (Å²) in [5, 5.41) is 12.7. The second-order valence-electron chi connectivity index (χ2n) is 7.59. The Bertz CT molecular complexity index is 893. The lowest BCUT2D eigenvalue weighted by Gasteiger charge is -2.20. The van der Waals surface area contributed by atoms with Crippen LogP contribution in [-0.2, 0) is 10.2 Å². The molecule has 0 aromatic heterocycles. The first kappa shape index (κ1) is 18.6. The number of nitrogens with zero attached hydrogens (tertiary/aromatic N) is 1. The second-order valence-corrected chi connectivity index (χ2v) is 7.59. The molecule has 0 radical (unpaired) electrons. The average molecular weight is 366 g/mol. The Labute approximate surface area is 157 Å². The molecule has 2 aromatic rings. The van der Waals surface area contributed by atoms with Crippen molar-refractivity contribution in [1.29, 1.82) is 0 Å². The number of hydrogen-bond donors (Lipinski definition) is 2. The van der Waals surface area contributed by atoms with Gasteiger partial charge in [0, 0.05) is 13.0 Å². The minimum Gasteiger partial charge on any atom is -0.506 e. The third kappa shape index (κ3) is 3.69. The zero-order valence-electron chi connectivity index (χ0n) is 15.6. The summed E-state index contributed by atoms with van der Waals surface area (Å²) >= 11 is 0. The van der Waals surface area contributed by atoms with Crippen LogP contribution in [0.1, 0.15) is 53.5 Å². The number of anilines is 1. The zero-order valence-corrected chi connectivity index (χ0v) is 15.6. The number of aromatic hydroxyl groups is 1. The molecule has 0 bridgehead atoms. The van der Waals surface area contributed by atoms with Gasteiger partial charge in [-0.2, -0.15) is 0 Å². The van der Waals surface area contributed by atoms with E-state index < -0.39 is 0 Å². The van der Waals surface area contributed by atoms with Crippen molar-refractivity contribution in [3.63, 3.8) is 0 Å². The maximum absolute atomic E-state index is 12.3. The number of carbonyl (C=O) groups is 3. The van der Waals surface area contributed by atoms with Crippen molar-refractivity contribution in [1.82, 2.24) is 4.90 Å². The summed E-state index contributed by atoms with van der Waals surface area (Å²) in [6.45, 7) is 6.09. The molecule has 1 aliphatic heterocycles. The Kier molecular flexibility index (Phi) is 4.74. The minimum absolute atomic E-state index is 0.0160. The average Bonchev–Trinajstić information content (AvgIpc) is 2.85. The van der Waals surface area contributed by atoms with E-state index in [0.29, 0.717) is 16.8 Å². The van der Waals surface area contributed by atoms with Gasteiger partial charge in [-0.3, -0.25) is 19.3 Å². The van der Waals surface area contributed by atoms with Gasteiger partial charge in [0.25, 0.3) is 11.8 Å². The van der Waals surface area contributed by atoms with Crippen molar-refractivity contribution in [2.45, 2.75) is 32.6 Å². The lowest BCUT2D eigenvalue weighted by molar-refractivity contribution is -0.116. The number of amides is 3. The van der Waals surface area contributed by atoms with Crippen molar-refractivity contribution < 1.29 is 19.5 Å². The number of phenols is 1. The Morgan fingerprint density at radius 2 is 1.63 bits per heavy atom. The molecule has 0 saturated heterocycles. The summed E-state index contributed by atoms with van der Waals surface area (Å²) < 4.78 is 0. The topological polar surface area (TPSA) is 86.7 Å². The number of nitrogens with one attached hydrogen (secondary N) is 1. The fourth-order valence-electron chi connectivity index (χ4n) is 2.97. The van der Waals surface area contributed by atoms with Crippen LogP contribution in [0.2, 0.25) is 0 Å². The van der Waals surface area contributed by atoms with Crippen LogP contribution in [0.15, 0.2) is 42.5 Å². The Morgan fingerprint density at radius 3 is 2.19 bits per heavy atom. The summed E-state index contributed by atoms with van der Waals surface area (Å²) in [5.41, 5.74) is 1.87. The lowest BCUT2D eigenvalue weighted by Crippen LogP contribution is -2.32. The predicted octanol–water partition coefficient (Wildman–Crippen LogP) is 3.31. The highest BCUT2D eigenvalue weighted by Crippen LogP contribution is 2.31. The Morgan fingerprint density at radius 1 is 1.04 bits per heavy atom. The van der Waals surface area contributed by atoms with Crippen molar-refractivity contribution in [3.05, 3.63) is 59.2 Å². The molecule has 0 aliphatic carbocycles. The molecule has 6 heteroatoms. The first-order chi connectivity index (χ1) is 12.7. The Hall–Kier alpha value is -3.15. The molecular weight excluding hydrogens is 344 g/mol. The number of rotatable bonds is 4. The van der Waals surface area contributed by atoms with Crippen LogP contribution in [0.5, 0.6) is 5.75 Å². The van der Waals surface area contributed by atoms with Gasteiger partial charge in [-0.25, -0.2) is 0 Å². The summed E-state index contributed by atoms with van der Waals surface area (Å²) in [4.78, 5) is 38.0. The minimum atomic E-state index is -0.388. The van der Waals surface area contributed by atoms with Crippen LogP contribution < -0.4 is 5.32 Å². The fraction of sp³-hybridized carbons (Fsp3) is 0.286. The quantitative estimate of drug-likeness (QED) is 0.642. The number of imide groups is 1. The molecular formula is C21H22N2O4. The van der Waals surface area contributed by atoms with Crippen LogP contribution in [0.25, 0.3) is 0 Å². The fourth-order valence-corrected chi connectivity index (χ4v) is 2.97. The SMILES string of the molecule is CC(C)(C)c1ccc(O)c(NC(=O)CCN2C(=O)c3ccccc3C2=O)c1. The van der Waals surface area contributed by atoms with Gasteiger partial charge in [-0.15, -0.1) is 0 Å². The van der Waals surface area contributed by atoms with Crippen molar-refractivity contribution in [3.8, 4) is 5.75 Å². The number of carbonyl (C=O) groups excluding carboxylic acids is 3. The standard InChI is InChI=1S/C21H22N2O4/c1-21(2,3)13-8-9-17(24)16(12-13)22-18(25)10-11-23-19(26)14-6-4-5-7-15(14)20(23)27/h4-9,12,24H,10-11H2,1-3H3,(H,22,25). The van der Waals surface area contributed by atoms with E-state index in [0.717, 1.165) is 10.5 Å². The monoisotopic (exact) mass is 366 g/mol. The normalized spacial score (nSPS) is 13.7. The third-order valence-electron chi connectivity index (χ3n) is 4.58. The lowest BCUT2D eigenvalue weighted by atomic mass is 9.87. The highest BCUT2D eigenvalue weighted by molar-refractivity contribution is 6.21. The molecule has 0 spiro atoms. The first-order valence-electron chi connectivity index (χ1n) is 8.77. The molecule has 140 valence electrons. The molecule has 6 nitrogen and oxygen atoms in total. The van der Waals surface area contributed by atoms with E-state index in [1.54, 1.807) is 36.4 Å². The third-order valence-corrected chi connectivity index (χ3v) is 4.58. The maximum Gasteiger partial charge on any atom is 0.261 e. The van der Waals surface area contributed by atoms with Crippen molar-refractivity contribution in [2.24, 2.45) is 0 Å². The largest absolute Gasteiger partial charge is 0.506 e. The molecule has 0 saturated carbocycles. The van der Waals surface area contributed by atoms with Crippen molar-refractivity contribution >= 4 is 23.4 Å². The van der Waals surface area contributed by atoms with E-state index in [1.807, 2.05) is 26.8 Å². The van der Waals surface area contributed by atoms with Gasteiger partial charge < -0.3 is 10.4 Å².